The summed E-state index contributed by atoms with van der Waals surface area (Å²) in [6, 6.07) is -0.542. The van der Waals surface area contributed by atoms with E-state index in [0.717, 1.165) is 38.5 Å². The Morgan fingerprint density at radius 3 is 0.835 bits per heavy atom. The lowest BCUT2D eigenvalue weighted by atomic mass is 10.0. The molecule has 0 aliphatic rings. The summed E-state index contributed by atoms with van der Waals surface area (Å²) in [5.74, 6) is -0.00652. The first-order chi connectivity index (χ1) is 42.0. The number of aliphatic hydroxyl groups is 2. The summed E-state index contributed by atoms with van der Waals surface area (Å²) in [5.41, 5.74) is 0. The standard InChI is InChI=1S/C79H155NO5/c1-3-5-7-9-11-13-15-17-19-21-22-23-33-36-40-43-47-51-55-59-63-67-71-77(82)76(75-81)80-78(83)72-68-64-60-56-52-48-44-41-37-34-31-29-27-25-24-26-28-30-32-35-38-42-46-50-54-58-62-66-70-74-85-79(84)73-69-65-61-57-53-49-45-39-20-18-16-14-12-10-8-6-4-2/h24,26,76-77,81-82H,3-23,25,27-75H2,1-2H3,(H,80,83)/b26-24-. The van der Waals surface area contributed by atoms with Gasteiger partial charge in [0.25, 0.3) is 0 Å². The highest BCUT2D eigenvalue weighted by Gasteiger charge is 2.20. The molecule has 0 saturated heterocycles. The fraction of sp³-hybridized carbons (Fsp3) is 0.949. The molecule has 85 heavy (non-hydrogen) atoms. The molecular weight excluding hydrogens is 1040 g/mol. The lowest BCUT2D eigenvalue weighted by molar-refractivity contribution is -0.143. The second-order valence-corrected chi connectivity index (χ2v) is 27.4. The van der Waals surface area contributed by atoms with Crippen LogP contribution in [-0.2, 0) is 14.3 Å². The number of aliphatic hydroxyl groups excluding tert-OH is 2. The van der Waals surface area contributed by atoms with Crippen LogP contribution in [-0.4, -0.2) is 47.4 Å². The number of nitrogens with one attached hydrogen (secondary N) is 1. The number of carbonyl (C=O) groups is 2. The molecule has 3 N–H and O–H groups in total. The number of amides is 1. The van der Waals surface area contributed by atoms with Crippen molar-refractivity contribution in [3.63, 3.8) is 0 Å². The lowest BCUT2D eigenvalue weighted by Gasteiger charge is -2.22. The Morgan fingerprint density at radius 1 is 0.318 bits per heavy atom. The highest BCUT2D eigenvalue weighted by atomic mass is 16.5. The maximum Gasteiger partial charge on any atom is 0.305 e. The van der Waals surface area contributed by atoms with Crippen LogP contribution in [0.1, 0.15) is 457 Å². The summed E-state index contributed by atoms with van der Waals surface area (Å²) in [5, 5.41) is 23.5. The molecule has 2 unspecified atom stereocenters. The minimum atomic E-state index is -0.664. The molecule has 0 heterocycles. The molecule has 0 aliphatic carbocycles. The number of unbranched alkanes of at least 4 members (excludes halogenated alkanes) is 62. The Hall–Kier alpha value is -1.40. The van der Waals surface area contributed by atoms with E-state index in [1.54, 1.807) is 0 Å². The van der Waals surface area contributed by atoms with Gasteiger partial charge in [-0.05, 0) is 51.4 Å². The van der Waals surface area contributed by atoms with Gasteiger partial charge >= 0.3 is 5.97 Å². The minimum absolute atomic E-state index is 0.0219. The van der Waals surface area contributed by atoms with Crippen LogP contribution in [0.15, 0.2) is 12.2 Å². The second kappa shape index (κ2) is 75.1. The minimum Gasteiger partial charge on any atom is -0.466 e. The number of carbonyl (C=O) groups excluding carboxylic acids is 2. The molecule has 0 radical (unpaired) electrons. The number of hydrogen-bond donors (Lipinski definition) is 3. The van der Waals surface area contributed by atoms with Crippen molar-refractivity contribution in [2.45, 2.75) is 469 Å². The molecule has 0 bridgehead atoms. The zero-order valence-corrected chi connectivity index (χ0v) is 58.1. The van der Waals surface area contributed by atoms with E-state index in [2.05, 4.69) is 31.3 Å². The smallest absolute Gasteiger partial charge is 0.305 e. The summed E-state index contributed by atoms with van der Waals surface area (Å²) in [6.07, 6.45) is 94.4. The van der Waals surface area contributed by atoms with Gasteiger partial charge < -0.3 is 20.3 Å². The highest BCUT2D eigenvalue weighted by molar-refractivity contribution is 5.76. The second-order valence-electron chi connectivity index (χ2n) is 27.4. The van der Waals surface area contributed by atoms with Crippen LogP contribution in [0.4, 0.5) is 0 Å². The van der Waals surface area contributed by atoms with Crippen LogP contribution in [0.25, 0.3) is 0 Å². The Bertz CT molecular complexity index is 1290. The summed E-state index contributed by atoms with van der Waals surface area (Å²) < 4.78 is 5.51. The molecule has 506 valence electrons. The van der Waals surface area contributed by atoms with Gasteiger partial charge in [0.15, 0.2) is 0 Å². The van der Waals surface area contributed by atoms with E-state index in [4.69, 9.17) is 4.74 Å². The summed E-state index contributed by atoms with van der Waals surface area (Å²) in [4.78, 5) is 24.7. The first-order valence-corrected chi connectivity index (χ1v) is 39.4. The molecule has 0 aromatic carbocycles. The molecule has 0 aliphatic heterocycles. The monoisotopic (exact) mass is 1200 g/mol. The maximum atomic E-state index is 12.6. The van der Waals surface area contributed by atoms with E-state index in [9.17, 15) is 19.8 Å². The number of ether oxygens (including phenoxy) is 1. The molecule has 0 aromatic rings. The topological polar surface area (TPSA) is 95.9 Å². The van der Waals surface area contributed by atoms with Gasteiger partial charge in [-0.25, -0.2) is 0 Å². The molecule has 0 rings (SSSR count). The van der Waals surface area contributed by atoms with Crippen LogP contribution < -0.4 is 5.32 Å². The highest BCUT2D eigenvalue weighted by Crippen LogP contribution is 2.20. The molecule has 0 aromatic heterocycles. The summed E-state index contributed by atoms with van der Waals surface area (Å²) in [6.45, 7) is 5.01. The van der Waals surface area contributed by atoms with Gasteiger partial charge in [0.2, 0.25) is 5.91 Å². The quantitative estimate of drug-likeness (QED) is 0.0320. The Labute approximate surface area is 533 Å². The predicted molar refractivity (Wildman–Crippen MR) is 375 cm³/mol. The maximum absolute atomic E-state index is 12.6. The number of allylic oxidation sites excluding steroid dienone is 2. The molecule has 0 saturated carbocycles. The molecular formula is C79H155NO5. The summed E-state index contributed by atoms with van der Waals surface area (Å²) in [7, 11) is 0. The van der Waals surface area contributed by atoms with Crippen molar-refractivity contribution >= 4 is 11.9 Å². The average Bonchev–Trinajstić information content (AvgIpc) is 3.51. The SMILES string of the molecule is CCCCCCCCCCCCCCCCCCCCCCCCC(O)C(CO)NC(=O)CCCCCCCCCCCCCCC/C=C\CCCCCCCCCCCCCCOC(=O)CCCCCCCCCCCCCCCCCCC. The van der Waals surface area contributed by atoms with Gasteiger partial charge in [0.1, 0.15) is 0 Å². The van der Waals surface area contributed by atoms with Gasteiger partial charge in [-0.15, -0.1) is 0 Å². The third-order valence-electron chi connectivity index (χ3n) is 18.8. The molecule has 0 fully saturated rings. The van der Waals surface area contributed by atoms with Crippen LogP contribution in [0.2, 0.25) is 0 Å². The zero-order chi connectivity index (χ0) is 61.3. The van der Waals surface area contributed by atoms with E-state index >= 15 is 0 Å². The lowest BCUT2D eigenvalue weighted by Crippen LogP contribution is -2.45. The third-order valence-corrected chi connectivity index (χ3v) is 18.8. The van der Waals surface area contributed by atoms with E-state index in [-0.39, 0.29) is 18.5 Å². The van der Waals surface area contributed by atoms with Crippen LogP contribution >= 0.6 is 0 Å². The zero-order valence-electron chi connectivity index (χ0n) is 58.1. The first kappa shape index (κ1) is 83.6. The third kappa shape index (κ3) is 71.6. The van der Waals surface area contributed by atoms with Gasteiger partial charge in [-0.2, -0.15) is 0 Å². The Kier molecular flexibility index (Phi) is 73.8. The van der Waals surface area contributed by atoms with Gasteiger partial charge in [0.05, 0.1) is 25.4 Å². The Morgan fingerprint density at radius 2 is 0.553 bits per heavy atom. The molecule has 1 amide bonds. The van der Waals surface area contributed by atoms with Gasteiger partial charge in [-0.1, -0.05) is 405 Å². The van der Waals surface area contributed by atoms with Crippen molar-refractivity contribution in [3.8, 4) is 0 Å². The fourth-order valence-corrected chi connectivity index (χ4v) is 12.8. The van der Waals surface area contributed by atoms with Crippen molar-refractivity contribution in [1.29, 1.82) is 0 Å². The van der Waals surface area contributed by atoms with Crippen LogP contribution in [0.3, 0.4) is 0 Å². The Balaban J connectivity index is 3.35. The number of hydrogen-bond acceptors (Lipinski definition) is 5. The van der Waals surface area contributed by atoms with Crippen molar-refractivity contribution in [1.82, 2.24) is 5.32 Å². The van der Waals surface area contributed by atoms with E-state index in [0.29, 0.717) is 25.9 Å². The molecule has 2 atom stereocenters. The van der Waals surface area contributed by atoms with Crippen molar-refractivity contribution in [3.05, 3.63) is 12.2 Å². The normalized spacial score (nSPS) is 12.5. The van der Waals surface area contributed by atoms with E-state index in [1.165, 1.54) is 385 Å². The average molecular weight is 1200 g/mol. The molecule has 0 spiro atoms. The van der Waals surface area contributed by atoms with Gasteiger partial charge in [-0.3, -0.25) is 9.59 Å². The first-order valence-electron chi connectivity index (χ1n) is 39.4. The van der Waals surface area contributed by atoms with Crippen molar-refractivity contribution in [2.75, 3.05) is 13.2 Å². The molecule has 6 nitrogen and oxygen atoms in total. The van der Waals surface area contributed by atoms with E-state index in [1.807, 2.05) is 0 Å². The molecule has 6 heteroatoms. The van der Waals surface area contributed by atoms with Crippen molar-refractivity contribution < 1.29 is 24.5 Å². The largest absolute Gasteiger partial charge is 0.466 e. The van der Waals surface area contributed by atoms with Gasteiger partial charge in [0, 0.05) is 12.8 Å². The van der Waals surface area contributed by atoms with E-state index < -0.39 is 12.1 Å². The van der Waals surface area contributed by atoms with Crippen LogP contribution in [0, 0.1) is 0 Å². The summed E-state index contributed by atoms with van der Waals surface area (Å²) >= 11 is 0. The number of rotatable bonds is 75. The predicted octanol–water partition coefficient (Wildman–Crippen LogP) is 25.9. The number of esters is 1. The van der Waals surface area contributed by atoms with Crippen molar-refractivity contribution in [2.24, 2.45) is 0 Å². The fourth-order valence-electron chi connectivity index (χ4n) is 12.8. The van der Waals surface area contributed by atoms with Crippen LogP contribution in [0.5, 0.6) is 0 Å².